The van der Waals surface area contributed by atoms with Crippen molar-refractivity contribution in [3.8, 4) is 11.3 Å². The number of carbonyl (C=O) groups is 1. The molecule has 0 saturated heterocycles. The molecule has 144 valence electrons. The van der Waals surface area contributed by atoms with Crippen LogP contribution in [0.3, 0.4) is 0 Å². The first kappa shape index (κ1) is 21.2. The summed E-state index contributed by atoms with van der Waals surface area (Å²) in [4.78, 5) is 24.9. The molecule has 0 aliphatic heterocycles. The zero-order chi connectivity index (χ0) is 20.3. The fourth-order valence-electron chi connectivity index (χ4n) is 3.06. The number of allylic oxidation sites excluding steroid dienone is 1. The first-order chi connectivity index (χ1) is 12.7. The smallest absolute Gasteiger partial charge is 0.343 e. The van der Waals surface area contributed by atoms with Crippen LogP contribution in [0.25, 0.3) is 11.3 Å². The summed E-state index contributed by atoms with van der Waals surface area (Å²) in [6, 6.07) is 5.52. The molecular weight excluding hydrogens is 406 g/mol. The second-order valence-corrected chi connectivity index (χ2v) is 7.81. The summed E-state index contributed by atoms with van der Waals surface area (Å²) in [5, 5.41) is 0. The van der Waals surface area contributed by atoms with Gasteiger partial charge < -0.3 is 9.30 Å². The SMILES string of the molecule is C=CC(C(C)C)n1cc(C(=O)OCC)c(=O)cc1-c1cc(C)c(C)cc1Br. The zero-order valence-electron chi connectivity index (χ0n) is 16.5. The van der Waals surface area contributed by atoms with E-state index in [0.717, 1.165) is 26.9 Å². The van der Waals surface area contributed by atoms with E-state index in [1.165, 1.54) is 6.07 Å². The van der Waals surface area contributed by atoms with Crippen LogP contribution in [0.4, 0.5) is 0 Å². The third-order valence-electron chi connectivity index (χ3n) is 4.68. The molecule has 0 N–H and O–H groups in total. The number of halogens is 1. The Balaban J connectivity index is 2.82. The number of carbonyl (C=O) groups excluding carboxylic acids is 1. The Hall–Kier alpha value is -2.14. The molecule has 0 radical (unpaired) electrons. The average molecular weight is 432 g/mol. The fourth-order valence-corrected chi connectivity index (χ4v) is 3.72. The number of hydrogen-bond acceptors (Lipinski definition) is 3. The van der Waals surface area contributed by atoms with Crippen molar-refractivity contribution in [1.29, 1.82) is 0 Å². The van der Waals surface area contributed by atoms with E-state index in [0.29, 0.717) is 0 Å². The van der Waals surface area contributed by atoms with Crippen LogP contribution in [0.15, 0.2) is 46.3 Å². The molecule has 1 unspecified atom stereocenters. The van der Waals surface area contributed by atoms with Gasteiger partial charge in [0.2, 0.25) is 0 Å². The largest absolute Gasteiger partial charge is 0.462 e. The Morgan fingerprint density at radius 2 is 1.89 bits per heavy atom. The highest BCUT2D eigenvalue weighted by Gasteiger charge is 2.22. The highest BCUT2D eigenvalue weighted by Crippen LogP contribution is 2.33. The summed E-state index contributed by atoms with van der Waals surface area (Å²) in [7, 11) is 0. The van der Waals surface area contributed by atoms with Crippen LogP contribution >= 0.6 is 15.9 Å². The molecule has 0 bridgehead atoms. The van der Waals surface area contributed by atoms with Gasteiger partial charge in [0.15, 0.2) is 5.43 Å². The molecule has 2 rings (SSSR count). The zero-order valence-corrected chi connectivity index (χ0v) is 18.1. The number of aryl methyl sites for hydroxylation is 2. The van der Waals surface area contributed by atoms with Gasteiger partial charge in [-0.2, -0.15) is 0 Å². The van der Waals surface area contributed by atoms with Gasteiger partial charge in [-0.25, -0.2) is 4.79 Å². The summed E-state index contributed by atoms with van der Waals surface area (Å²) >= 11 is 3.62. The van der Waals surface area contributed by atoms with E-state index in [1.54, 1.807) is 13.1 Å². The Kier molecular flexibility index (Phi) is 6.82. The average Bonchev–Trinajstić information content (AvgIpc) is 2.59. The maximum absolute atomic E-state index is 12.7. The van der Waals surface area contributed by atoms with Gasteiger partial charge >= 0.3 is 5.97 Å². The molecule has 1 aromatic heterocycles. The van der Waals surface area contributed by atoms with Gasteiger partial charge in [0.05, 0.1) is 18.3 Å². The van der Waals surface area contributed by atoms with Crippen molar-refractivity contribution in [1.82, 2.24) is 4.57 Å². The molecule has 0 amide bonds. The molecule has 0 spiro atoms. The quantitative estimate of drug-likeness (QED) is 0.450. The number of ether oxygens (including phenoxy) is 1. The van der Waals surface area contributed by atoms with Crippen LogP contribution < -0.4 is 5.43 Å². The van der Waals surface area contributed by atoms with E-state index in [4.69, 9.17) is 4.74 Å². The standard InChI is InChI=1S/C22H26BrNO3/c1-7-19(13(3)4)24-12-17(22(26)27-8-2)21(25)11-20(24)16-9-14(5)15(6)10-18(16)23/h7,9-13,19H,1,8H2,2-6H3. The summed E-state index contributed by atoms with van der Waals surface area (Å²) < 4.78 is 7.90. The first-order valence-electron chi connectivity index (χ1n) is 9.04. The van der Waals surface area contributed by atoms with Gasteiger partial charge in [0.1, 0.15) is 5.56 Å². The molecule has 5 heteroatoms. The summed E-state index contributed by atoms with van der Waals surface area (Å²) in [5.74, 6) is -0.377. The maximum atomic E-state index is 12.7. The number of pyridine rings is 1. The van der Waals surface area contributed by atoms with E-state index in [2.05, 4.69) is 42.4 Å². The summed E-state index contributed by atoms with van der Waals surface area (Å²) in [6.07, 6.45) is 3.44. The maximum Gasteiger partial charge on any atom is 0.343 e. The number of hydrogen-bond donors (Lipinski definition) is 0. The lowest BCUT2D eigenvalue weighted by atomic mass is 9.99. The minimum Gasteiger partial charge on any atom is -0.462 e. The molecule has 1 atom stereocenters. The molecule has 0 aliphatic rings. The second kappa shape index (κ2) is 8.70. The highest BCUT2D eigenvalue weighted by atomic mass is 79.9. The van der Waals surface area contributed by atoms with Crippen LogP contribution in [0.2, 0.25) is 0 Å². The van der Waals surface area contributed by atoms with Crippen molar-refractivity contribution >= 4 is 21.9 Å². The number of rotatable bonds is 6. The lowest BCUT2D eigenvalue weighted by Gasteiger charge is -2.26. The Labute approximate surface area is 169 Å². The minimum atomic E-state index is -0.603. The van der Waals surface area contributed by atoms with E-state index in [9.17, 15) is 9.59 Å². The Morgan fingerprint density at radius 1 is 1.26 bits per heavy atom. The minimum absolute atomic E-state index is 0.0352. The van der Waals surface area contributed by atoms with Crippen LogP contribution in [0, 0.1) is 19.8 Å². The Morgan fingerprint density at radius 3 is 2.44 bits per heavy atom. The highest BCUT2D eigenvalue weighted by molar-refractivity contribution is 9.10. The predicted molar refractivity (Wildman–Crippen MR) is 113 cm³/mol. The normalized spacial score (nSPS) is 12.1. The molecular formula is C22H26BrNO3. The monoisotopic (exact) mass is 431 g/mol. The number of nitrogens with zero attached hydrogens (tertiary/aromatic N) is 1. The summed E-state index contributed by atoms with van der Waals surface area (Å²) in [6.45, 7) is 14.1. The lowest BCUT2D eigenvalue weighted by molar-refractivity contribution is 0.0523. The third-order valence-corrected chi connectivity index (χ3v) is 5.34. The fraction of sp³-hybridized carbons (Fsp3) is 0.364. The topological polar surface area (TPSA) is 48.3 Å². The molecule has 1 heterocycles. The van der Waals surface area contributed by atoms with Crippen molar-refractivity contribution in [2.75, 3.05) is 6.61 Å². The number of aromatic nitrogens is 1. The van der Waals surface area contributed by atoms with Crippen LogP contribution in [-0.2, 0) is 4.74 Å². The first-order valence-corrected chi connectivity index (χ1v) is 9.83. The van der Waals surface area contributed by atoms with Gasteiger partial charge in [-0.1, -0.05) is 35.9 Å². The van der Waals surface area contributed by atoms with Crippen molar-refractivity contribution in [3.05, 3.63) is 68.4 Å². The van der Waals surface area contributed by atoms with E-state index < -0.39 is 5.97 Å². The van der Waals surface area contributed by atoms with E-state index in [1.807, 2.05) is 30.6 Å². The Bertz CT molecular complexity index is 928. The molecule has 0 fully saturated rings. The van der Waals surface area contributed by atoms with Crippen molar-refractivity contribution < 1.29 is 9.53 Å². The molecule has 0 saturated carbocycles. The molecule has 4 nitrogen and oxygen atoms in total. The number of esters is 1. The lowest BCUT2D eigenvalue weighted by Crippen LogP contribution is -2.24. The number of benzene rings is 1. The van der Waals surface area contributed by atoms with Crippen LogP contribution in [0.1, 0.15) is 48.3 Å². The molecule has 2 aromatic rings. The van der Waals surface area contributed by atoms with Crippen molar-refractivity contribution in [2.24, 2.45) is 5.92 Å². The second-order valence-electron chi connectivity index (χ2n) is 6.95. The van der Waals surface area contributed by atoms with Crippen LogP contribution in [-0.4, -0.2) is 17.1 Å². The van der Waals surface area contributed by atoms with Gasteiger partial charge in [-0.3, -0.25) is 4.79 Å². The van der Waals surface area contributed by atoms with Crippen LogP contribution in [0.5, 0.6) is 0 Å². The third kappa shape index (κ3) is 4.41. The predicted octanol–water partition coefficient (Wildman–Crippen LogP) is 5.45. The van der Waals surface area contributed by atoms with Gasteiger partial charge in [0.25, 0.3) is 0 Å². The van der Waals surface area contributed by atoms with E-state index >= 15 is 0 Å². The van der Waals surface area contributed by atoms with Gasteiger partial charge in [-0.15, -0.1) is 6.58 Å². The van der Waals surface area contributed by atoms with Crippen molar-refractivity contribution in [3.63, 3.8) is 0 Å². The molecule has 0 aliphatic carbocycles. The summed E-state index contributed by atoms with van der Waals surface area (Å²) in [5.41, 5.74) is 3.61. The molecule has 27 heavy (non-hydrogen) atoms. The van der Waals surface area contributed by atoms with E-state index in [-0.39, 0.29) is 29.6 Å². The van der Waals surface area contributed by atoms with Gasteiger partial charge in [0, 0.05) is 22.3 Å². The van der Waals surface area contributed by atoms with Gasteiger partial charge in [-0.05, 0) is 49.9 Å². The van der Waals surface area contributed by atoms with Crippen molar-refractivity contribution in [2.45, 2.75) is 40.7 Å². The molecule has 1 aromatic carbocycles.